The molecule has 1 unspecified atom stereocenters. The van der Waals surface area contributed by atoms with Crippen molar-refractivity contribution in [2.45, 2.75) is 26.2 Å². The van der Waals surface area contributed by atoms with Crippen LogP contribution in [0, 0.1) is 6.92 Å². The van der Waals surface area contributed by atoms with Gasteiger partial charge in [0.05, 0.1) is 7.11 Å². The number of furan rings is 1. The van der Waals surface area contributed by atoms with Crippen LogP contribution in [0.3, 0.4) is 0 Å². The molecule has 0 saturated heterocycles. The first kappa shape index (κ1) is 11.7. The Hall–Kier alpha value is -1.77. The van der Waals surface area contributed by atoms with Gasteiger partial charge in [0, 0.05) is 5.39 Å². The van der Waals surface area contributed by atoms with E-state index in [0.717, 1.165) is 22.3 Å². The number of benzene rings is 1. The average Bonchev–Trinajstić information content (AvgIpc) is 2.68. The molecule has 0 bridgehead atoms. The second kappa shape index (κ2) is 4.62. The molecule has 1 aromatic carbocycles. The second-order valence-corrected chi connectivity index (χ2v) is 4.07. The fourth-order valence-electron chi connectivity index (χ4n) is 2.13. The Kier molecular flexibility index (Phi) is 3.18. The first-order chi connectivity index (χ1) is 8.19. The topological polar surface area (TPSA) is 39.4 Å². The van der Waals surface area contributed by atoms with E-state index in [1.165, 1.54) is 7.11 Å². The summed E-state index contributed by atoms with van der Waals surface area (Å²) in [6.07, 6.45) is 0.674. The first-order valence-corrected chi connectivity index (χ1v) is 5.74. The van der Waals surface area contributed by atoms with Crippen molar-refractivity contribution < 1.29 is 13.9 Å². The third-order valence-corrected chi connectivity index (χ3v) is 3.09. The van der Waals surface area contributed by atoms with Gasteiger partial charge < -0.3 is 9.15 Å². The zero-order valence-corrected chi connectivity index (χ0v) is 10.3. The van der Waals surface area contributed by atoms with Gasteiger partial charge in [0.1, 0.15) is 17.3 Å². The summed E-state index contributed by atoms with van der Waals surface area (Å²) in [5, 5.41) is 1.06. The molecular weight excluding hydrogens is 216 g/mol. The summed E-state index contributed by atoms with van der Waals surface area (Å²) < 4.78 is 10.6. The predicted molar refractivity (Wildman–Crippen MR) is 66.0 cm³/mol. The fourth-order valence-corrected chi connectivity index (χ4v) is 2.13. The minimum Gasteiger partial charge on any atom is -0.468 e. The number of ether oxygens (including phenoxy) is 1. The molecule has 0 aliphatic heterocycles. The molecule has 0 fully saturated rings. The Morgan fingerprint density at radius 1 is 1.41 bits per heavy atom. The number of fused-ring (bicyclic) bond motifs is 1. The lowest BCUT2D eigenvalue weighted by Gasteiger charge is -2.10. The van der Waals surface area contributed by atoms with Crippen LogP contribution in [0.1, 0.15) is 30.6 Å². The molecule has 0 spiro atoms. The molecule has 0 saturated carbocycles. The fraction of sp³-hybridized carbons (Fsp3) is 0.357. The van der Waals surface area contributed by atoms with Crippen LogP contribution in [0.2, 0.25) is 0 Å². The van der Waals surface area contributed by atoms with E-state index in [4.69, 9.17) is 9.15 Å². The summed E-state index contributed by atoms with van der Waals surface area (Å²) in [5.41, 5.74) is 1.85. The number of carbonyl (C=O) groups is 1. The highest BCUT2D eigenvalue weighted by Gasteiger charge is 2.25. The van der Waals surface area contributed by atoms with E-state index < -0.39 is 0 Å². The Balaban J connectivity index is 2.54. The van der Waals surface area contributed by atoms with Crippen LogP contribution in [0.5, 0.6) is 0 Å². The third-order valence-electron chi connectivity index (χ3n) is 3.09. The number of carbonyl (C=O) groups excluding carboxylic acids is 1. The summed E-state index contributed by atoms with van der Waals surface area (Å²) in [4.78, 5) is 11.7. The summed E-state index contributed by atoms with van der Waals surface area (Å²) in [6.45, 7) is 3.93. The van der Waals surface area contributed by atoms with Crippen LogP contribution in [0.25, 0.3) is 11.0 Å². The highest BCUT2D eigenvalue weighted by molar-refractivity contribution is 5.85. The van der Waals surface area contributed by atoms with Crippen molar-refractivity contribution in [3.05, 3.63) is 35.6 Å². The van der Waals surface area contributed by atoms with E-state index in [9.17, 15) is 4.79 Å². The van der Waals surface area contributed by atoms with Crippen molar-refractivity contribution in [1.29, 1.82) is 0 Å². The molecule has 0 aliphatic rings. The van der Waals surface area contributed by atoms with Gasteiger partial charge in [-0.05, 0) is 25.0 Å². The van der Waals surface area contributed by atoms with Crippen LogP contribution < -0.4 is 0 Å². The van der Waals surface area contributed by atoms with Crippen molar-refractivity contribution in [3.63, 3.8) is 0 Å². The molecule has 1 aromatic heterocycles. The molecule has 17 heavy (non-hydrogen) atoms. The highest BCUT2D eigenvalue weighted by Crippen LogP contribution is 2.32. The Morgan fingerprint density at radius 2 is 2.12 bits per heavy atom. The van der Waals surface area contributed by atoms with Crippen LogP contribution >= 0.6 is 0 Å². The Labute approximate surface area is 100 Å². The quantitative estimate of drug-likeness (QED) is 0.761. The lowest BCUT2D eigenvalue weighted by atomic mass is 9.99. The summed E-state index contributed by atoms with van der Waals surface area (Å²) in [7, 11) is 1.41. The number of para-hydroxylation sites is 1. The molecule has 3 heteroatoms. The first-order valence-electron chi connectivity index (χ1n) is 5.74. The van der Waals surface area contributed by atoms with Crippen molar-refractivity contribution in [2.24, 2.45) is 0 Å². The van der Waals surface area contributed by atoms with Gasteiger partial charge in [0.15, 0.2) is 0 Å². The number of aryl methyl sites for hydroxylation is 1. The largest absolute Gasteiger partial charge is 0.468 e. The van der Waals surface area contributed by atoms with Crippen molar-refractivity contribution in [3.8, 4) is 0 Å². The third kappa shape index (κ3) is 1.93. The van der Waals surface area contributed by atoms with E-state index in [1.807, 2.05) is 38.1 Å². The van der Waals surface area contributed by atoms with E-state index in [-0.39, 0.29) is 11.9 Å². The maximum atomic E-state index is 11.7. The molecule has 1 heterocycles. The van der Waals surface area contributed by atoms with E-state index in [1.54, 1.807) is 0 Å². The molecule has 3 nitrogen and oxygen atoms in total. The van der Waals surface area contributed by atoms with E-state index >= 15 is 0 Å². The molecule has 2 rings (SSSR count). The predicted octanol–water partition coefficient (Wildman–Crippen LogP) is 3.41. The lowest BCUT2D eigenvalue weighted by Crippen LogP contribution is -2.13. The Morgan fingerprint density at radius 3 is 2.71 bits per heavy atom. The van der Waals surface area contributed by atoms with Gasteiger partial charge >= 0.3 is 5.97 Å². The van der Waals surface area contributed by atoms with Crippen molar-refractivity contribution in [2.75, 3.05) is 7.11 Å². The number of methoxy groups -OCH3 is 1. The number of rotatable bonds is 3. The molecule has 90 valence electrons. The monoisotopic (exact) mass is 232 g/mol. The molecule has 0 aliphatic carbocycles. The minimum absolute atomic E-state index is 0.241. The summed E-state index contributed by atoms with van der Waals surface area (Å²) in [6, 6.07) is 7.80. The minimum atomic E-state index is -0.313. The average molecular weight is 232 g/mol. The summed E-state index contributed by atoms with van der Waals surface area (Å²) in [5.74, 6) is 0.169. The van der Waals surface area contributed by atoms with Gasteiger partial charge in [0.25, 0.3) is 0 Å². The van der Waals surface area contributed by atoms with Gasteiger partial charge in [-0.1, -0.05) is 25.1 Å². The maximum absolute atomic E-state index is 11.7. The standard InChI is InChI=1S/C14H16O3/c1-4-10(14(15)16-3)13-9(2)11-7-5-6-8-12(11)17-13/h5-8,10H,4H2,1-3H3. The SMILES string of the molecule is CCC(C(=O)OC)c1oc2ccccc2c1C. The van der Waals surface area contributed by atoms with Crippen molar-refractivity contribution in [1.82, 2.24) is 0 Å². The molecule has 0 amide bonds. The Bertz CT molecular complexity index is 539. The normalized spacial score (nSPS) is 12.6. The van der Waals surface area contributed by atoms with E-state index in [2.05, 4.69) is 0 Å². The molecular formula is C14H16O3. The number of hydrogen-bond donors (Lipinski definition) is 0. The van der Waals surface area contributed by atoms with Crippen molar-refractivity contribution >= 4 is 16.9 Å². The van der Waals surface area contributed by atoms with Crippen LogP contribution in [-0.2, 0) is 9.53 Å². The zero-order valence-electron chi connectivity index (χ0n) is 10.3. The number of hydrogen-bond acceptors (Lipinski definition) is 3. The lowest BCUT2D eigenvalue weighted by molar-refractivity contribution is -0.142. The highest BCUT2D eigenvalue weighted by atomic mass is 16.5. The van der Waals surface area contributed by atoms with Gasteiger partial charge in [-0.15, -0.1) is 0 Å². The molecule has 0 radical (unpaired) electrons. The van der Waals surface area contributed by atoms with Gasteiger partial charge in [-0.2, -0.15) is 0 Å². The van der Waals surface area contributed by atoms with Gasteiger partial charge in [-0.25, -0.2) is 0 Å². The summed E-state index contributed by atoms with van der Waals surface area (Å²) >= 11 is 0. The maximum Gasteiger partial charge on any atom is 0.316 e. The second-order valence-electron chi connectivity index (χ2n) is 4.07. The molecule has 2 aromatic rings. The van der Waals surface area contributed by atoms with Crippen LogP contribution in [0.4, 0.5) is 0 Å². The molecule has 0 N–H and O–H groups in total. The molecule has 1 atom stereocenters. The van der Waals surface area contributed by atoms with Crippen LogP contribution in [0.15, 0.2) is 28.7 Å². The number of esters is 1. The van der Waals surface area contributed by atoms with Gasteiger partial charge in [0.2, 0.25) is 0 Å². The zero-order chi connectivity index (χ0) is 12.4. The van der Waals surface area contributed by atoms with Gasteiger partial charge in [-0.3, -0.25) is 4.79 Å². The smallest absolute Gasteiger partial charge is 0.316 e. The van der Waals surface area contributed by atoms with Crippen LogP contribution in [-0.4, -0.2) is 13.1 Å². The van der Waals surface area contributed by atoms with E-state index in [0.29, 0.717) is 6.42 Å².